The Morgan fingerprint density at radius 3 is 2.53 bits per heavy atom. The smallest absolute Gasteiger partial charge is 0.322 e. The maximum Gasteiger partial charge on any atom is 0.322 e. The number of rotatable bonds is 5. The molecule has 0 heterocycles. The summed E-state index contributed by atoms with van der Waals surface area (Å²) >= 11 is 0. The van der Waals surface area contributed by atoms with Gasteiger partial charge in [0.05, 0.1) is 6.04 Å². The van der Waals surface area contributed by atoms with E-state index in [-0.39, 0.29) is 6.54 Å². The zero-order chi connectivity index (χ0) is 11.3. The summed E-state index contributed by atoms with van der Waals surface area (Å²) in [5.41, 5.74) is 6.86. The Bertz CT molecular complexity index is 348. The van der Waals surface area contributed by atoms with Crippen LogP contribution in [0.4, 0.5) is 5.69 Å². The summed E-state index contributed by atoms with van der Waals surface area (Å²) < 4.78 is 0. The topological polar surface area (TPSA) is 92.4 Å². The number of carboxylic acid groups (broad SMARTS) is 1. The van der Waals surface area contributed by atoms with Crippen molar-refractivity contribution < 1.29 is 14.7 Å². The number of aliphatic carboxylic acids is 1. The van der Waals surface area contributed by atoms with E-state index in [0.717, 1.165) is 0 Å². The lowest BCUT2D eigenvalue weighted by molar-refractivity contribution is -0.134. The fourth-order valence-electron chi connectivity index (χ4n) is 1.08. The Labute approximate surface area is 86.9 Å². The molecule has 0 fully saturated rings. The first-order valence-corrected chi connectivity index (χ1v) is 4.40. The van der Waals surface area contributed by atoms with Crippen molar-refractivity contribution >= 4 is 17.9 Å². The molecule has 80 valence electrons. The van der Waals surface area contributed by atoms with Gasteiger partial charge in [-0.05, 0) is 17.7 Å². The lowest BCUT2D eigenvalue weighted by atomic mass is 10.1. The van der Waals surface area contributed by atoms with Crippen molar-refractivity contribution in [1.82, 2.24) is 0 Å². The van der Waals surface area contributed by atoms with Crippen molar-refractivity contribution in [2.75, 3.05) is 11.9 Å². The molecule has 0 aliphatic carbocycles. The van der Waals surface area contributed by atoms with Crippen LogP contribution in [0.3, 0.4) is 0 Å². The van der Waals surface area contributed by atoms with Gasteiger partial charge in [-0.3, -0.25) is 4.79 Å². The molecule has 1 rings (SSSR count). The van der Waals surface area contributed by atoms with Crippen LogP contribution in [-0.4, -0.2) is 23.9 Å². The molecule has 0 aromatic heterocycles. The average molecular weight is 208 g/mol. The molecule has 0 spiro atoms. The van der Waals surface area contributed by atoms with Gasteiger partial charge in [-0.2, -0.15) is 0 Å². The minimum absolute atomic E-state index is 0.140. The molecule has 0 aliphatic rings. The van der Waals surface area contributed by atoms with Crippen LogP contribution in [0.1, 0.15) is 11.6 Å². The van der Waals surface area contributed by atoms with Gasteiger partial charge in [-0.1, -0.05) is 12.1 Å². The third-order valence-corrected chi connectivity index (χ3v) is 1.89. The van der Waals surface area contributed by atoms with Crippen molar-refractivity contribution in [2.24, 2.45) is 5.73 Å². The molecular weight excluding hydrogens is 196 g/mol. The van der Waals surface area contributed by atoms with Crippen molar-refractivity contribution in [3.8, 4) is 0 Å². The van der Waals surface area contributed by atoms with Gasteiger partial charge in [0.15, 0.2) is 0 Å². The second kappa shape index (κ2) is 5.11. The van der Waals surface area contributed by atoms with Crippen molar-refractivity contribution in [2.45, 2.75) is 6.04 Å². The molecule has 15 heavy (non-hydrogen) atoms. The zero-order valence-corrected chi connectivity index (χ0v) is 8.01. The normalized spacial score (nSPS) is 11.8. The van der Waals surface area contributed by atoms with Gasteiger partial charge >= 0.3 is 5.97 Å². The minimum Gasteiger partial charge on any atom is -0.480 e. The lowest BCUT2D eigenvalue weighted by Crippen LogP contribution is -2.13. The van der Waals surface area contributed by atoms with E-state index < -0.39 is 12.0 Å². The van der Waals surface area contributed by atoms with Crippen molar-refractivity contribution in [3.63, 3.8) is 0 Å². The maximum absolute atomic E-state index is 10.4. The number of carboxylic acids is 1. The Morgan fingerprint density at radius 1 is 1.47 bits per heavy atom. The summed E-state index contributed by atoms with van der Waals surface area (Å²) in [6, 6.07) is 6.11. The van der Waals surface area contributed by atoms with Crippen LogP contribution in [0.2, 0.25) is 0 Å². The summed E-state index contributed by atoms with van der Waals surface area (Å²) in [6.07, 6.45) is 0.652. The van der Waals surface area contributed by atoms with E-state index in [9.17, 15) is 9.59 Å². The molecule has 0 saturated heterocycles. The Balaban J connectivity index is 2.63. The molecule has 0 aliphatic heterocycles. The fraction of sp³-hybridized carbons (Fsp3) is 0.200. The molecule has 0 saturated carbocycles. The molecule has 1 aromatic rings. The summed E-state index contributed by atoms with van der Waals surface area (Å²) in [4.78, 5) is 20.7. The quantitative estimate of drug-likeness (QED) is 0.608. The molecule has 1 atom stereocenters. The van der Waals surface area contributed by atoms with Gasteiger partial charge in [0, 0.05) is 5.69 Å². The van der Waals surface area contributed by atoms with E-state index >= 15 is 0 Å². The van der Waals surface area contributed by atoms with Crippen LogP contribution < -0.4 is 11.1 Å². The Morgan fingerprint density at radius 2 is 2.07 bits per heavy atom. The number of benzene rings is 1. The van der Waals surface area contributed by atoms with Crippen LogP contribution in [0.15, 0.2) is 24.3 Å². The second-order valence-corrected chi connectivity index (χ2v) is 3.03. The number of carbonyl (C=O) groups excluding carboxylic acids is 1. The second-order valence-electron chi connectivity index (χ2n) is 3.03. The third kappa shape index (κ3) is 3.40. The van der Waals surface area contributed by atoms with E-state index in [1.807, 2.05) is 0 Å². The highest BCUT2D eigenvalue weighted by Crippen LogP contribution is 2.12. The number of anilines is 1. The monoisotopic (exact) mass is 208 g/mol. The molecule has 1 aromatic carbocycles. The van der Waals surface area contributed by atoms with E-state index in [1.54, 1.807) is 24.3 Å². The summed E-state index contributed by atoms with van der Waals surface area (Å²) in [7, 11) is 0. The Kier molecular flexibility index (Phi) is 3.82. The summed E-state index contributed by atoms with van der Waals surface area (Å²) in [6.45, 7) is -0.140. The standard InChI is InChI=1S/C10H12N2O3/c11-9(6-13)7-1-3-8(4-2-7)12-5-10(14)15/h1-4,6,9,12H,5,11H2,(H,14,15). The first-order chi connectivity index (χ1) is 7.13. The van der Waals surface area contributed by atoms with Crippen LogP contribution in [0, 0.1) is 0 Å². The molecular formula is C10H12N2O3. The first-order valence-electron chi connectivity index (χ1n) is 4.40. The van der Waals surface area contributed by atoms with E-state index in [1.165, 1.54) is 0 Å². The van der Waals surface area contributed by atoms with Crippen LogP contribution in [0.5, 0.6) is 0 Å². The number of hydrogen-bond donors (Lipinski definition) is 3. The maximum atomic E-state index is 10.4. The van der Waals surface area contributed by atoms with Gasteiger partial charge in [-0.15, -0.1) is 0 Å². The molecule has 4 N–H and O–H groups in total. The van der Waals surface area contributed by atoms with Gasteiger partial charge in [0.1, 0.15) is 12.8 Å². The van der Waals surface area contributed by atoms with Gasteiger partial charge in [0.25, 0.3) is 0 Å². The molecule has 5 heteroatoms. The average Bonchev–Trinajstić information content (AvgIpc) is 2.26. The SMILES string of the molecule is NC(C=O)c1ccc(NCC(=O)O)cc1. The number of aldehydes is 1. The summed E-state index contributed by atoms with van der Waals surface area (Å²) in [5, 5.41) is 11.1. The van der Waals surface area contributed by atoms with Crippen LogP contribution in [-0.2, 0) is 9.59 Å². The number of hydrogen-bond acceptors (Lipinski definition) is 4. The largest absolute Gasteiger partial charge is 0.480 e. The number of nitrogens with one attached hydrogen (secondary N) is 1. The highest BCUT2D eigenvalue weighted by Gasteiger charge is 2.03. The Hall–Kier alpha value is -1.88. The van der Waals surface area contributed by atoms with Gasteiger partial charge in [0.2, 0.25) is 0 Å². The summed E-state index contributed by atoms with van der Waals surface area (Å²) in [5.74, 6) is -0.927. The van der Waals surface area contributed by atoms with Crippen LogP contribution >= 0.6 is 0 Å². The molecule has 0 amide bonds. The first kappa shape index (κ1) is 11.2. The zero-order valence-electron chi connectivity index (χ0n) is 8.01. The fourth-order valence-corrected chi connectivity index (χ4v) is 1.08. The van der Waals surface area contributed by atoms with E-state index in [4.69, 9.17) is 10.8 Å². The minimum atomic E-state index is -0.927. The highest BCUT2D eigenvalue weighted by molar-refractivity contribution is 5.72. The number of nitrogens with two attached hydrogens (primary N) is 1. The van der Waals surface area contributed by atoms with E-state index in [0.29, 0.717) is 17.5 Å². The molecule has 1 unspecified atom stereocenters. The molecule has 0 radical (unpaired) electrons. The van der Waals surface area contributed by atoms with Crippen LogP contribution in [0.25, 0.3) is 0 Å². The number of carbonyl (C=O) groups is 2. The lowest BCUT2D eigenvalue weighted by Gasteiger charge is -2.06. The van der Waals surface area contributed by atoms with E-state index in [2.05, 4.69) is 5.32 Å². The molecule has 5 nitrogen and oxygen atoms in total. The van der Waals surface area contributed by atoms with Gasteiger partial charge in [-0.25, -0.2) is 0 Å². The third-order valence-electron chi connectivity index (χ3n) is 1.89. The van der Waals surface area contributed by atoms with Crippen molar-refractivity contribution in [1.29, 1.82) is 0 Å². The highest BCUT2D eigenvalue weighted by atomic mass is 16.4. The van der Waals surface area contributed by atoms with Crippen molar-refractivity contribution in [3.05, 3.63) is 29.8 Å². The molecule has 0 bridgehead atoms. The van der Waals surface area contributed by atoms with Gasteiger partial charge < -0.3 is 21.0 Å². The predicted octanol–water partition coefficient (Wildman–Crippen LogP) is 0.382. The predicted molar refractivity (Wildman–Crippen MR) is 55.6 cm³/mol.